The van der Waals surface area contributed by atoms with Crippen LogP contribution in [0.5, 0.6) is 5.75 Å². The van der Waals surface area contributed by atoms with E-state index >= 15 is 0 Å². The molecule has 1 saturated heterocycles. The number of hydrogen-bond acceptors (Lipinski definition) is 4. The molecule has 2 aromatic carbocycles. The molecule has 0 spiro atoms. The lowest BCUT2D eigenvalue weighted by atomic mass is 10.1. The molecule has 2 aromatic rings. The Kier molecular flexibility index (Phi) is 8.50. The highest BCUT2D eigenvalue weighted by atomic mass is 16.5. The van der Waals surface area contributed by atoms with Crippen molar-refractivity contribution < 1.29 is 14.6 Å². The second-order valence-electron chi connectivity index (χ2n) is 8.14. The van der Waals surface area contributed by atoms with Crippen LogP contribution in [0, 0.1) is 0 Å². The zero-order valence-corrected chi connectivity index (χ0v) is 19.2. The van der Waals surface area contributed by atoms with Gasteiger partial charge in [-0.1, -0.05) is 24.3 Å². The first kappa shape index (κ1) is 23.6. The standard InChI is InChI=1S/C25H34N4O3/c1-4-26-25(28-17-23(30)20-9-13-22(14-10-20)32-18(2)3)27-16-19-7-11-21(12-8-19)29-15-5-6-24(29)31/h7-14,18,23,30H,4-6,15-17H2,1-3H3,(H2,26,27,28). The smallest absolute Gasteiger partial charge is 0.227 e. The molecule has 32 heavy (non-hydrogen) atoms. The van der Waals surface area contributed by atoms with Crippen LogP contribution < -0.4 is 20.3 Å². The fraction of sp³-hybridized carbons (Fsp3) is 0.440. The Morgan fingerprint density at radius 2 is 1.84 bits per heavy atom. The lowest BCUT2D eigenvalue weighted by Crippen LogP contribution is -2.39. The van der Waals surface area contributed by atoms with Gasteiger partial charge in [-0.05, 0) is 62.6 Å². The molecule has 0 saturated carbocycles. The van der Waals surface area contributed by atoms with E-state index in [2.05, 4.69) is 15.6 Å². The van der Waals surface area contributed by atoms with Crippen molar-refractivity contribution in [3.63, 3.8) is 0 Å². The lowest BCUT2D eigenvalue weighted by molar-refractivity contribution is -0.117. The van der Waals surface area contributed by atoms with Gasteiger partial charge in [-0.2, -0.15) is 0 Å². The number of aliphatic hydroxyl groups excluding tert-OH is 1. The topological polar surface area (TPSA) is 86.2 Å². The van der Waals surface area contributed by atoms with Crippen LogP contribution in [0.25, 0.3) is 0 Å². The quantitative estimate of drug-likeness (QED) is 0.413. The van der Waals surface area contributed by atoms with Crippen molar-refractivity contribution in [3.05, 3.63) is 59.7 Å². The predicted octanol–water partition coefficient (Wildman–Crippen LogP) is 3.39. The van der Waals surface area contributed by atoms with Gasteiger partial charge in [0, 0.05) is 31.7 Å². The van der Waals surface area contributed by atoms with E-state index in [1.807, 2.05) is 74.2 Å². The average molecular weight is 439 g/mol. The third kappa shape index (κ3) is 6.72. The zero-order valence-electron chi connectivity index (χ0n) is 19.2. The molecule has 7 heteroatoms. The Balaban J connectivity index is 1.54. The molecular weight excluding hydrogens is 404 g/mol. The van der Waals surface area contributed by atoms with Gasteiger partial charge in [0.05, 0.1) is 18.8 Å². The molecular formula is C25H34N4O3. The van der Waals surface area contributed by atoms with Gasteiger partial charge in [0.15, 0.2) is 5.96 Å². The third-order valence-corrected chi connectivity index (χ3v) is 5.18. The van der Waals surface area contributed by atoms with E-state index in [1.165, 1.54) is 0 Å². The summed E-state index contributed by atoms with van der Waals surface area (Å²) in [6.07, 6.45) is 1.00. The van der Waals surface area contributed by atoms with Crippen molar-refractivity contribution >= 4 is 17.6 Å². The number of aliphatic hydroxyl groups is 1. The molecule has 1 fully saturated rings. The van der Waals surface area contributed by atoms with Crippen LogP contribution in [-0.2, 0) is 11.3 Å². The van der Waals surface area contributed by atoms with E-state index in [0.717, 1.165) is 42.1 Å². The molecule has 0 radical (unpaired) electrons. The molecule has 1 aliphatic rings. The minimum atomic E-state index is -0.663. The SMILES string of the molecule is CCNC(=NCc1ccc(N2CCCC2=O)cc1)NCC(O)c1ccc(OC(C)C)cc1. The van der Waals surface area contributed by atoms with Gasteiger partial charge in [-0.15, -0.1) is 0 Å². The summed E-state index contributed by atoms with van der Waals surface area (Å²) in [7, 11) is 0. The summed E-state index contributed by atoms with van der Waals surface area (Å²) in [5.74, 6) is 1.62. The molecule has 3 rings (SSSR count). The number of nitrogens with one attached hydrogen (secondary N) is 2. The number of ether oxygens (including phenoxy) is 1. The molecule has 1 unspecified atom stereocenters. The normalized spacial score (nSPS) is 15.2. The minimum Gasteiger partial charge on any atom is -0.491 e. The molecule has 1 aliphatic heterocycles. The molecule has 7 nitrogen and oxygen atoms in total. The lowest BCUT2D eigenvalue weighted by Gasteiger charge is -2.17. The van der Waals surface area contributed by atoms with Gasteiger partial charge in [0.1, 0.15) is 5.75 Å². The summed E-state index contributed by atoms with van der Waals surface area (Å²) in [6.45, 7) is 8.32. The summed E-state index contributed by atoms with van der Waals surface area (Å²) >= 11 is 0. The molecule has 0 bridgehead atoms. The molecule has 1 heterocycles. The van der Waals surface area contributed by atoms with Crippen LogP contribution in [0.2, 0.25) is 0 Å². The summed E-state index contributed by atoms with van der Waals surface area (Å²) in [5.41, 5.74) is 2.81. The van der Waals surface area contributed by atoms with Gasteiger partial charge < -0.3 is 25.4 Å². The molecule has 1 amide bonds. The predicted molar refractivity (Wildman–Crippen MR) is 128 cm³/mol. The summed E-state index contributed by atoms with van der Waals surface area (Å²) in [6, 6.07) is 15.5. The van der Waals surface area contributed by atoms with Crippen molar-refractivity contribution in [2.24, 2.45) is 4.99 Å². The Labute approximate surface area is 190 Å². The number of carbonyl (C=O) groups is 1. The number of benzene rings is 2. The number of anilines is 1. The largest absolute Gasteiger partial charge is 0.491 e. The Morgan fingerprint density at radius 3 is 2.44 bits per heavy atom. The monoisotopic (exact) mass is 438 g/mol. The second-order valence-corrected chi connectivity index (χ2v) is 8.14. The Hall–Kier alpha value is -3.06. The van der Waals surface area contributed by atoms with E-state index in [-0.39, 0.29) is 12.0 Å². The maximum atomic E-state index is 11.9. The summed E-state index contributed by atoms with van der Waals surface area (Å²) < 4.78 is 5.65. The zero-order chi connectivity index (χ0) is 22.9. The number of aliphatic imine (C=N–C) groups is 1. The van der Waals surface area contributed by atoms with Crippen LogP contribution in [0.1, 0.15) is 50.8 Å². The fourth-order valence-electron chi connectivity index (χ4n) is 3.57. The molecule has 0 aromatic heterocycles. The number of guanidine groups is 1. The van der Waals surface area contributed by atoms with Crippen LogP contribution in [0.15, 0.2) is 53.5 Å². The summed E-state index contributed by atoms with van der Waals surface area (Å²) in [5, 5.41) is 16.9. The number of hydrogen-bond donors (Lipinski definition) is 3. The third-order valence-electron chi connectivity index (χ3n) is 5.18. The van der Waals surface area contributed by atoms with Crippen molar-refractivity contribution in [3.8, 4) is 5.75 Å². The first-order valence-corrected chi connectivity index (χ1v) is 11.3. The Morgan fingerprint density at radius 1 is 1.12 bits per heavy atom. The first-order chi connectivity index (χ1) is 15.5. The minimum absolute atomic E-state index is 0.116. The highest BCUT2D eigenvalue weighted by Gasteiger charge is 2.21. The van der Waals surface area contributed by atoms with Gasteiger partial charge in [0.25, 0.3) is 0 Å². The average Bonchev–Trinajstić information content (AvgIpc) is 3.21. The van der Waals surface area contributed by atoms with Crippen molar-refractivity contribution in [2.75, 3.05) is 24.5 Å². The number of carbonyl (C=O) groups excluding carboxylic acids is 1. The second kappa shape index (κ2) is 11.5. The number of rotatable bonds is 9. The highest BCUT2D eigenvalue weighted by molar-refractivity contribution is 5.95. The highest BCUT2D eigenvalue weighted by Crippen LogP contribution is 2.22. The number of amides is 1. The van der Waals surface area contributed by atoms with E-state index in [0.29, 0.717) is 25.5 Å². The molecule has 1 atom stereocenters. The van der Waals surface area contributed by atoms with Gasteiger partial charge in [-0.3, -0.25) is 4.79 Å². The maximum Gasteiger partial charge on any atom is 0.227 e. The van der Waals surface area contributed by atoms with Crippen LogP contribution in [0.4, 0.5) is 5.69 Å². The van der Waals surface area contributed by atoms with Gasteiger partial charge in [0.2, 0.25) is 5.91 Å². The van der Waals surface area contributed by atoms with E-state index in [1.54, 1.807) is 0 Å². The maximum absolute atomic E-state index is 11.9. The van der Waals surface area contributed by atoms with Crippen LogP contribution >= 0.6 is 0 Å². The van der Waals surface area contributed by atoms with E-state index in [4.69, 9.17) is 4.74 Å². The van der Waals surface area contributed by atoms with Gasteiger partial charge in [-0.25, -0.2) is 4.99 Å². The Bertz CT molecular complexity index is 894. The number of nitrogens with zero attached hydrogens (tertiary/aromatic N) is 2. The van der Waals surface area contributed by atoms with E-state index < -0.39 is 6.10 Å². The fourth-order valence-corrected chi connectivity index (χ4v) is 3.57. The summed E-state index contributed by atoms with van der Waals surface area (Å²) in [4.78, 5) is 18.4. The van der Waals surface area contributed by atoms with Crippen LogP contribution in [-0.4, -0.2) is 42.7 Å². The van der Waals surface area contributed by atoms with E-state index in [9.17, 15) is 9.90 Å². The van der Waals surface area contributed by atoms with Crippen molar-refractivity contribution in [2.45, 2.75) is 52.4 Å². The van der Waals surface area contributed by atoms with Crippen LogP contribution in [0.3, 0.4) is 0 Å². The first-order valence-electron chi connectivity index (χ1n) is 11.3. The van der Waals surface area contributed by atoms with Gasteiger partial charge >= 0.3 is 0 Å². The molecule has 0 aliphatic carbocycles. The molecule has 3 N–H and O–H groups in total. The van der Waals surface area contributed by atoms with Crippen molar-refractivity contribution in [1.82, 2.24) is 10.6 Å². The van der Waals surface area contributed by atoms with Crippen molar-refractivity contribution in [1.29, 1.82) is 0 Å². The molecule has 172 valence electrons.